The molecular formula is C14H13ClN2O3S2. The maximum atomic E-state index is 12.1. The molecule has 0 bridgehead atoms. The normalized spacial score (nSPS) is 16.7. The maximum absolute atomic E-state index is 12.1. The van der Waals surface area contributed by atoms with Crippen molar-refractivity contribution in [3.63, 3.8) is 0 Å². The minimum atomic E-state index is -3.26. The van der Waals surface area contributed by atoms with Crippen molar-refractivity contribution in [2.24, 2.45) is 0 Å². The lowest BCUT2D eigenvalue weighted by atomic mass is 10.2. The zero-order valence-electron chi connectivity index (χ0n) is 11.5. The van der Waals surface area contributed by atoms with Crippen molar-refractivity contribution >= 4 is 50.2 Å². The van der Waals surface area contributed by atoms with Gasteiger partial charge in [-0.15, -0.1) is 11.3 Å². The number of nitrogens with zero attached hydrogens (tertiary/aromatic N) is 1. The Kier molecular flexibility index (Phi) is 4.12. The highest BCUT2D eigenvalue weighted by Crippen LogP contribution is 2.31. The van der Waals surface area contributed by atoms with E-state index in [1.54, 1.807) is 30.3 Å². The summed E-state index contributed by atoms with van der Waals surface area (Å²) in [5.74, 6) is -0.120. The molecule has 1 aromatic carbocycles. The molecule has 1 amide bonds. The summed E-state index contributed by atoms with van der Waals surface area (Å²) in [5, 5.41) is 4.90. The average molecular weight is 357 g/mol. The quantitative estimate of drug-likeness (QED) is 0.918. The molecule has 1 aliphatic heterocycles. The van der Waals surface area contributed by atoms with Crippen LogP contribution in [0, 0.1) is 0 Å². The third kappa shape index (κ3) is 2.97. The lowest BCUT2D eigenvalue weighted by Gasteiger charge is -2.18. The lowest BCUT2D eigenvalue weighted by molar-refractivity contribution is 0.103. The monoisotopic (exact) mass is 356 g/mol. The molecule has 1 N–H and O–H groups in total. The van der Waals surface area contributed by atoms with Gasteiger partial charge in [-0.05, 0) is 36.1 Å². The van der Waals surface area contributed by atoms with Gasteiger partial charge in [-0.2, -0.15) is 0 Å². The first kappa shape index (κ1) is 15.3. The van der Waals surface area contributed by atoms with Gasteiger partial charge in [-0.3, -0.25) is 9.10 Å². The number of halogens is 1. The van der Waals surface area contributed by atoms with E-state index < -0.39 is 10.0 Å². The molecule has 2 heterocycles. The summed E-state index contributed by atoms with van der Waals surface area (Å²) < 4.78 is 25.3. The van der Waals surface area contributed by atoms with Crippen LogP contribution in [0.15, 0.2) is 35.7 Å². The molecule has 5 nitrogen and oxygen atoms in total. The maximum Gasteiger partial charge on any atom is 0.265 e. The molecule has 2 aromatic rings. The summed E-state index contributed by atoms with van der Waals surface area (Å²) >= 11 is 7.42. The first-order valence-corrected chi connectivity index (χ1v) is 9.49. The van der Waals surface area contributed by atoms with Gasteiger partial charge in [0.05, 0.1) is 27.0 Å². The highest BCUT2D eigenvalue weighted by Gasteiger charge is 2.28. The largest absolute Gasteiger partial charge is 0.320 e. The highest BCUT2D eigenvalue weighted by atomic mass is 35.5. The van der Waals surface area contributed by atoms with Crippen molar-refractivity contribution in [2.45, 2.75) is 6.42 Å². The van der Waals surface area contributed by atoms with E-state index >= 15 is 0 Å². The Labute approximate surface area is 137 Å². The van der Waals surface area contributed by atoms with Crippen LogP contribution in [0.3, 0.4) is 0 Å². The lowest BCUT2D eigenvalue weighted by Crippen LogP contribution is -2.25. The van der Waals surface area contributed by atoms with Crippen LogP contribution in [0.5, 0.6) is 0 Å². The molecule has 0 aliphatic carbocycles. The molecule has 22 heavy (non-hydrogen) atoms. The molecule has 0 saturated carbocycles. The van der Waals surface area contributed by atoms with Crippen LogP contribution < -0.4 is 9.62 Å². The van der Waals surface area contributed by atoms with Crippen molar-refractivity contribution in [1.82, 2.24) is 0 Å². The van der Waals surface area contributed by atoms with Crippen molar-refractivity contribution in [3.8, 4) is 0 Å². The van der Waals surface area contributed by atoms with Gasteiger partial charge < -0.3 is 5.32 Å². The number of benzene rings is 1. The number of carbonyl (C=O) groups excluding carboxylic acids is 1. The van der Waals surface area contributed by atoms with Crippen LogP contribution in [0.1, 0.15) is 16.1 Å². The van der Waals surface area contributed by atoms with Crippen molar-refractivity contribution in [2.75, 3.05) is 21.9 Å². The molecule has 1 saturated heterocycles. The van der Waals surface area contributed by atoms with Crippen LogP contribution in [0.4, 0.5) is 11.4 Å². The van der Waals surface area contributed by atoms with E-state index in [2.05, 4.69) is 5.32 Å². The van der Waals surface area contributed by atoms with Crippen LogP contribution in [0.2, 0.25) is 5.02 Å². The highest BCUT2D eigenvalue weighted by molar-refractivity contribution is 7.93. The SMILES string of the molecule is O=C(Nc1cc(N2CCCS2(=O)=O)ccc1Cl)c1cccs1. The fourth-order valence-corrected chi connectivity index (χ4v) is 4.63. The number of hydrogen-bond acceptors (Lipinski definition) is 4. The van der Waals surface area contributed by atoms with Crippen molar-refractivity contribution in [3.05, 3.63) is 45.6 Å². The molecule has 116 valence electrons. The molecule has 1 aromatic heterocycles. The first-order chi connectivity index (χ1) is 10.5. The molecule has 3 rings (SSSR count). The number of rotatable bonds is 3. The zero-order chi connectivity index (χ0) is 15.7. The van der Waals surface area contributed by atoms with Gasteiger partial charge in [0, 0.05) is 6.54 Å². The Morgan fingerprint density at radius 3 is 2.77 bits per heavy atom. The third-order valence-corrected chi connectivity index (χ3v) is 6.40. The fraction of sp³-hybridized carbons (Fsp3) is 0.214. The topological polar surface area (TPSA) is 66.5 Å². The van der Waals surface area contributed by atoms with Crippen LogP contribution in [-0.4, -0.2) is 26.6 Å². The predicted molar refractivity (Wildman–Crippen MR) is 89.5 cm³/mol. The molecule has 0 spiro atoms. The number of hydrogen-bond donors (Lipinski definition) is 1. The van der Waals surface area contributed by atoms with Crippen LogP contribution >= 0.6 is 22.9 Å². The molecule has 1 fully saturated rings. The minimum Gasteiger partial charge on any atom is -0.320 e. The van der Waals surface area contributed by atoms with Gasteiger partial charge in [-0.25, -0.2) is 8.42 Å². The summed E-state index contributed by atoms with van der Waals surface area (Å²) in [5.41, 5.74) is 0.919. The number of thiophene rings is 1. The molecular weight excluding hydrogens is 344 g/mol. The smallest absolute Gasteiger partial charge is 0.265 e. The van der Waals surface area contributed by atoms with Gasteiger partial charge in [0.1, 0.15) is 0 Å². The molecule has 1 aliphatic rings. The van der Waals surface area contributed by atoms with Crippen LogP contribution in [0.25, 0.3) is 0 Å². The first-order valence-electron chi connectivity index (χ1n) is 6.62. The van der Waals surface area contributed by atoms with E-state index in [-0.39, 0.29) is 11.7 Å². The molecule has 0 radical (unpaired) electrons. The van der Waals surface area contributed by atoms with E-state index in [1.165, 1.54) is 15.6 Å². The van der Waals surface area contributed by atoms with Gasteiger partial charge in [-0.1, -0.05) is 17.7 Å². The Morgan fingerprint density at radius 1 is 1.32 bits per heavy atom. The van der Waals surface area contributed by atoms with Gasteiger partial charge in [0.25, 0.3) is 5.91 Å². The number of nitrogens with one attached hydrogen (secondary N) is 1. The standard InChI is InChI=1S/C14H13ClN2O3S2/c15-11-5-4-10(17-6-2-8-22(17,19)20)9-12(11)16-14(18)13-3-1-7-21-13/h1,3-5,7,9H,2,6,8H2,(H,16,18). The second-order valence-electron chi connectivity index (χ2n) is 4.84. The molecule has 8 heteroatoms. The van der Waals surface area contributed by atoms with Crippen molar-refractivity contribution < 1.29 is 13.2 Å². The third-order valence-electron chi connectivity index (χ3n) is 3.33. The summed E-state index contributed by atoms with van der Waals surface area (Å²) in [7, 11) is -3.26. The van der Waals surface area contributed by atoms with Gasteiger partial charge in [0.15, 0.2) is 0 Å². The number of amides is 1. The number of sulfonamides is 1. The predicted octanol–water partition coefficient (Wildman–Crippen LogP) is 3.19. The van der Waals surface area contributed by atoms with Crippen molar-refractivity contribution in [1.29, 1.82) is 0 Å². The fourth-order valence-electron chi connectivity index (χ4n) is 2.29. The Balaban J connectivity index is 1.89. The summed E-state index contributed by atoms with van der Waals surface area (Å²) in [4.78, 5) is 12.7. The van der Waals surface area contributed by atoms with E-state index in [9.17, 15) is 13.2 Å². The summed E-state index contributed by atoms with van der Waals surface area (Å²) in [6.45, 7) is 0.447. The van der Waals surface area contributed by atoms with E-state index in [0.29, 0.717) is 34.2 Å². The van der Waals surface area contributed by atoms with E-state index in [1.807, 2.05) is 5.38 Å². The van der Waals surface area contributed by atoms with E-state index in [4.69, 9.17) is 11.6 Å². The Bertz CT molecular complexity index is 804. The zero-order valence-corrected chi connectivity index (χ0v) is 13.8. The Hall–Kier alpha value is -1.57. The second kappa shape index (κ2) is 5.91. The van der Waals surface area contributed by atoms with Gasteiger partial charge in [0.2, 0.25) is 10.0 Å². The number of anilines is 2. The second-order valence-corrected chi connectivity index (χ2v) is 8.21. The van der Waals surface area contributed by atoms with Crippen LogP contribution in [-0.2, 0) is 10.0 Å². The Morgan fingerprint density at radius 2 is 2.14 bits per heavy atom. The minimum absolute atomic E-state index is 0.145. The molecule has 0 atom stereocenters. The van der Waals surface area contributed by atoms with Gasteiger partial charge >= 0.3 is 0 Å². The van der Waals surface area contributed by atoms with E-state index in [0.717, 1.165) is 0 Å². The summed E-state index contributed by atoms with van der Waals surface area (Å²) in [6.07, 6.45) is 0.599. The number of carbonyl (C=O) groups is 1. The summed E-state index contributed by atoms with van der Waals surface area (Å²) in [6, 6.07) is 8.33. The molecule has 0 unspecified atom stereocenters. The average Bonchev–Trinajstić information content (AvgIpc) is 3.10.